The maximum atomic E-state index is 14.6. The first kappa shape index (κ1) is 19.2. The molecule has 6 rings (SSSR count). The number of carbonyl (C=O) groups is 1. The van der Waals surface area contributed by atoms with Gasteiger partial charge in [0.2, 0.25) is 0 Å². The SMILES string of the molecule is O=C(O)C1C2CCC(CC2)[C@H]1Nc1nc(-c2[nH]nc3ncc(Cl)cc23)c(F)cc1F. The molecule has 3 heterocycles. The fourth-order valence-corrected chi connectivity index (χ4v) is 5.13. The summed E-state index contributed by atoms with van der Waals surface area (Å²) in [7, 11) is 0. The first-order valence-corrected chi connectivity index (χ1v) is 10.2. The van der Waals surface area contributed by atoms with Crippen LogP contribution in [0, 0.1) is 29.4 Å². The smallest absolute Gasteiger partial charge is 0.308 e. The molecule has 0 spiro atoms. The van der Waals surface area contributed by atoms with E-state index in [1.54, 1.807) is 6.07 Å². The van der Waals surface area contributed by atoms with Gasteiger partial charge in [-0.3, -0.25) is 9.89 Å². The zero-order valence-corrected chi connectivity index (χ0v) is 16.5. The lowest BCUT2D eigenvalue weighted by Gasteiger charge is -2.47. The molecule has 3 saturated carbocycles. The van der Waals surface area contributed by atoms with E-state index in [0.717, 1.165) is 31.7 Å². The number of nitrogens with one attached hydrogen (secondary N) is 2. The van der Waals surface area contributed by atoms with E-state index in [1.807, 2.05) is 0 Å². The second kappa shape index (κ2) is 7.16. The van der Waals surface area contributed by atoms with Crippen molar-refractivity contribution in [2.24, 2.45) is 17.8 Å². The standard InChI is InChI=1S/C20H18ClF2N5O2/c21-10-5-11-16(27-28-18(11)24-7-10)17-12(22)6-13(23)19(26-17)25-15-9-3-1-8(2-4-9)14(15)20(29)30/h5-9,14-15H,1-4H2,(H,25,26)(H,29,30)(H,24,27,28)/t8?,9?,14?,15-/m1/s1. The molecule has 10 heteroatoms. The molecule has 3 aliphatic carbocycles. The molecule has 3 aromatic rings. The Hall–Kier alpha value is -2.81. The van der Waals surface area contributed by atoms with Crippen LogP contribution in [0.1, 0.15) is 25.7 Å². The van der Waals surface area contributed by atoms with Crippen LogP contribution in [-0.2, 0) is 4.79 Å². The number of nitrogens with zero attached hydrogens (tertiary/aromatic N) is 3. The number of anilines is 1. The van der Waals surface area contributed by atoms with Gasteiger partial charge in [-0.2, -0.15) is 5.10 Å². The molecule has 0 radical (unpaired) electrons. The summed E-state index contributed by atoms with van der Waals surface area (Å²) in [6.45, 7) is 0. The van der Waals surface area contributed by atoms with Crippen molar-refractivity contribution in [3.63, 3.8) is 0 Å². The molecule has 2 bridgehead atoms. The molecule has 30 heavy (non-hydrogen) atoms. The average Bonchev–Trinajstić information content (AvgIpc) is 3.13. The lowest BCUT2D eigenvalue weighted by molar-refractivity contribution is -0.148. The third-order valence-electron chi connectivity index (χ3n) is 6.35. The Balaban J connectivity index is 1.55. The number of fused-ring (bicyclic) bond motifs is 4. The Morgan fingerprint density at radius 1 is 1.17 bits per heavy atom. The highest BCUT2D eigenvalue weighted by Crippen LogP contribution is 2.46. The maximum absolute atomic E-state index is 14.6. The molecular weight excluding hydrogens is 416 g/mol. The number of halogens is 3. The van der Waals surface area contributed by atoms with Crippen molar-refractivity contribution < 1.29 is 18.7 Å². The van der Waals surface area contributed by atoms with Crippen LogP contribution in [0.3, 0.4) is 0 Å². The zero-order valence-electron chi connectivity index (χ0n) is 15.7. The van der Waals surface area contributed by atoms with E-state index in [0.29, 0.717) is 16.1 Å². The Bertz CT molecular complexity index is 1150. The van der Waals surface area contributed by atoms with Gasteiger partial charge in [0.15, 0.2) is 23.1 Å². The van der Waals surface area contributed by atoms with Crippen LogP contribution < -0.4 is 5.32 Å². The first-order chi connectivity index (χ1) is 14.4. The molecule has 0 saturated heterocycles. The van der Waals surface area contributed by atoms with E-state index < -0.39 is 29.6 Å². The van der Waals surface area contributed by atoms with Gasteiger partial charge < -0.3 is 10.4 Å². The Kier molecular flexibility index (Phi) is 4.57. The van der Waals surface area contributed by atoms with Crippen LogP contribution >= 0.6 is 11.6 Å². The third kappa shape index (κ3) is 3.08. The second-order valence-electron chi connectivity index (χ2n) is 7.98. The second-order valence-corrected chi connectivity index (χ2v) is 8.42. The van der Waals surface area contributed by atoms with Crippen molar-refractivity contribution in [2.45, 2.75) is 31.7 Å². The third-order valence-corrected chi connectivity index (χ3v) is 6.56. The van der Waals surface area contributed by atoms with Crippen LogP contribution in [0.15, 0.2) is 18.3 Å². The minimum absolute atomic E-state index is 0.0535. The minimum Gasteiger partial charge on any atom is -0.481 e. The van der Waals surface area contributed by atoms with Gasteiger partial charge in [-0.1, -0.05) is 11.6 Å². The molecule has 0 aromatic carbocycles. The monoisotopic (exact) mass is 433 g/mol. The number of carboxylic acid groups (broad SMARTS) is 1. The van der Waals surface area contributed by atoms with Crippen LogP contribution in [-0.4, -0.2) is 37.3 Å². The average molecular weight is 434 g/mol. The van der Waals surface area contributed by atoms with Crippen molar-refractivity contribution in [1.29, 1.82) is 0 Å². The number of carboxylic acids is 1. The number of aromatic amines is 1. The molecule has 7 nitrogen and oxygen atoms in total. The molecule has 3 N–H and O–H groups in total. The number of rotatable bonds is 4. The largest absolute Gasteiger partial charge is 0.481 e. The van der Waals surface area contributed by atoms with Crippen LogP contribution in [0.2, 0.25) is 5.02 Å². The zero-order chi connectivity index (χ0) is 21.0. The van der Waals surface area contributed by atoms with E-state index in [-0.39, 0.29) is 29.0 Å². The van der Waals surface area contributed by atoms with Crippen LogP contribution in [0.5, 0.6) is 0 Å². The van der Waals surface area contributed by atoms with E-state index in [9.17, 15) is 18.7 Å². The summed E-state index contributed by atoms with van der Waals surface area (Å²) in [5, 5.41) is 20.2. The molecule has 3 aromatic heterocycles. The predicted octanol–water partition coefficient (Wildman–Crippen LogP) is 4.25. The van der Waals surface area contributed by atoms with Crippen LogP contribution in [0.25, 0.3) is 22.4 Å². The van der Waals surface area contributed by atoms with Gasteiger partial charge >= 0.3 is 5.97 Å². The number of hydrogen-bond acceptors (Lipinski definition) is 5. The molecule has 3 fully saturated rings. The molecule has 3 aliphatic rings. The van der Waals surface area contributed by atoms with E-state index in [4.69, 9.17) is 11.6 Å². The number of H-pyrrole nitrogens is 1. The highest BCUT2D eigenvalue weighted by molar-refractivity contribution is 6.31. The molecule has 0 amide bonds. The van der Waals surface area contributed by atoms with Gasteiger partial charge in [0.25, 0.3) is 0 Å². The number of pyridine rings is 2. The van der Waals surface area contributed by atoms with E-state index in [2.05, 4.69) is 25.5 Å². The summed E-state index contributed by atoms with van der Waals surface area (Å²) in [5.41, 5.74) is 0.406. The number of hydrogen-bond donors (Lipinski definition) is 3. The van der Waals surface area contributed by atoms with Gasteiger partial charge in [-0.05, 0) is 43.6 Å². The molecule has 1 unspecified atom stereocenters. The molecule has 2 atom stereocenters. The fourth-order valence-electron chi connectivity index (χ4n) is 4.97. The summed E-state index contributed by atoms with van der Waals surface area (Å²) in [4.78, 5) is 20.1. The quantitative estimate of drug-likeness (QED) is 0.568. The van der Waals surface area contributed by atoms with E-state index in [1.165, 1.54) is 6.20 Å². The maximum Gasteiger partial charge on any atom is 0.308 e. The molecule has 0 aliphatic heterocycles. The van der Waals surface area contributed by atoms with Crippen LogP contribution in [0.4, 0.5) is 14.6 Å². The van der Waals surface area contributed by atoms with Crippen molar-refractivity contribution in [3.05, 3.63) is 35.0 Å². The van der Waals surface area contributed by atoms with Gasteiger partial charge in [-0.15, -0.1) is 0 Å². The Labute approximate surface area is 174 Å². The number of aromatic nitrogens is 4. The lowest BCUT2D eigenvalue weighted by atomic mass is 9.61. The fraction of sp³-hybridized carbons (Fsp3) is 0.400. The summed E-state index contributed by atoms with van der Waals surface area (Å²) in [6.07, 6.45) is 4.91. The van der Waals surface area contributed by atoms with Gasteiger partial charge in [0, 0.05) is 23.7 Å². The van der Waals surface area contributed by atoms with Gasteiger partial charge in [0.1, 0.15) is 5.69 Å². The molecular formula is C20H18ClF2N5O2. The van der Waals surface area contributed by atoms with Crippen molar-refractivity contribution in [2.75, 3.05) is 5.32 Å². The van der Waals surface area contributed by atoms with Gasteiger partial charge in [-0.25, -0.2) is 18.7 Å². The summed E-state index contributed by atoms with van der Waals surface area (Å²) in [5.74, 6) is -3.27. The normalized spacial score (nSPS) is 25.6. The summed E-state index contributed by atoms with van der Waals surface area (Å²) < 4.78 is 29.2. The summed E-state index contributed by atoms with van der Waals surface area (Å²) >= 11 is 6.00. The highest BCUT2D eigenvalue weighted by atomic mass is 35.5. The Morgan fingerprint density at radius 2 is 1.90 bits per heavy atom. The highest BCUT2D eigenvalue weighted by Gasteiger charge is 2.47. The Morgan fingerprint density at radius 3 is 2.63 bits per heavy atom. The topological polar surface area (TPSA) is 104 Å². The van der Waals surface area contributed by atoms with Crippen molar-refractivity contribution in [1.82, 2.24) is 20.2 Å². The number of aliphatic carboxylic acids is 1. The first-order valence-electron chi connectivity index (χ1n) is 9.77. The lowest BCUT2D eigenvalue weighted by Crippen LogP contribution is -2.51. The van der Waals surface area contributed by atoms with Gasteiger partial charge in [0.05, 0.1) is 16.6 Å². The summed E-state index contributed by atoms with van der Waals surface area (Å²) in [6, 6.07) is 1.86. The van der Waals surface area contributed by atoms with E-state index >= 15 is 0 Å². The van der Waals surface area contributed by atoms with Crippen molar-refractivity contribution in [3.8, 4) is 11.4 Å². The minimum atomic E-state index is -0.898. The molecule has 156 valence electrons. The predicted molar refractivity (Wildman–Crippen MR) is 106 cm³/mol. The van der Waals surface area contributed by atoms with Crippen molar-refractivity contribution >= 4 is 34.4 Å².